The number of nitrogens with zero attached hydrogens (tertiary/aromatic N) is 1. The van der Waals surface area contributed by atoms with Gasteiger partial charge in [0, 0.05) is 11.4 Å². The number of hydrogen-bond donors (Lipinski definition) is 1. The quantitative estimate of drug-likeness (QED) is 0.659. The Hall–Kier alpha value is -2.18. The van der Waals surface area contributed by atoms with E-state index in [9.17, 15) is 4.79 Å². The van der Waals surface area contributed by atoms with Crippen LogP contribution in [0.2, 0.25) is 0 Å². The molecule has 1 amide bonds. The molecule has 0 saturated carbocycles. The van der Waals surface area contributed by atoms with Crippen LogP contribution in [0.1, 0.15) is 31.0 Å². The van der Waals surface area contributed by atoms with Crippen LogP contribution in [0, 0.1) is 5.92 Å². The molecule has 1 aliphatic heterocycles. The number of rotatable bonds is 8. The number of ether oxygens (including phenoxy) is 2. The van der Waals surface area contributed by atoms with E-state index in [0.29, 0.717) is 19.8 Å². The predicted molar refractivity (Wildman–Crippen MR) is 118 cm³/mol. The number of thioether (sulfide) groups is 1. The van der Waals surface area contributed by atoms with Gasteiger partial charge >= 0.3 is 0 Å². The summed E-state index contributed by atoms with van der Waals surface area (Å²) in [5.41, 5.74) is 2.23. The lowest BCUT2D eigenvalue weighted by Crippen LogP contribution is -2.38. The molecule has 0 spiro atoms. The molecule has 6 heteroatoms. The predicted octanol–water partition coefficient (Wildman–Crippen LogP) is 4.13. The van der Waals surface area contributed by atoms with Crippen molar-refractivity contribution in [2.75, 3.05) is 33.1 Å². The molecule has 3 rings (SSSR count). The molecule has 0 saturated heterocycles. The van der Waals surface area contributed by atoms with E-state index in [-0.39, 0.29) is 17.9 Å². The highest BCUT2D eigenvalue weighted by atomic mass is 32.2. The molecule has 2 aromatic carbocycles. The summed E-state index contributed by atoms with van der Waals surface area (Å²) in [7, 11) is 1.97. The zero-order valence-electron chi connectivity index (χ0n) is 17.6. The Labute approximate surface area is 177 Å². The maximum atomic E-state index is 12.7. The van der Waals surface area contributed by atoms with Gasteiger partial charge in [0.25, 0.3) is 0 Å². The Morgan fingerprint density at radius 1 is 1.10 bits per heavy atom. The van der Waals surface area contributed by atoms with Gasteiger partial charge in [-0.1, -0.05) is 32.0 Å². The molecule has 1 atom stereocenters. The average Bonchev–Trinajstić information content (AvgIpc) is 2.72. The minimum absolute atomic E-state index is 0.0156. The maximum Gasteiger partial charge on any atom is 0.234 e. The van der Waals surface area contributed by atoms with Crippen molar-refractivity contribution in [3.05, 3.63) is 53.6 Å². The number of benzene rings is 2. The van der Waals surface area contributed by atoms with E-state index in [0.717, 1.165) is 23.6 Å². The zero-order valence-corrected chi connectivity index (χ0v) is 18.4. The van der Waals surface area contributed by atoms with Crippen molar-refractivity contribution in [2.24, 2.45) is 5.92 Å². The van der Waals surface area contributed by atoms with E-state index in [4.69, 9.17) is 9.47 Å². The normalized spacial score (nSPS) is 14.1. The monoisotopic (exact) mass is 414 g/mol. The van der Waals surface area contributed by atoms with Crippen LogP contribution in [0.3, 0.4) is 0 Å². The number of hydrogen-bond acceptors (Lipinski definition) is 5. The molecule has 29 heavy (non-hydrogen) atoms. The van der Waals surface area contributed by atoms with Crippen LogP contribution in [-0.2, 0) is 11.3 Å². The highest BCUT2D eigenvalue weighted by molar-refractivity contribution is 7.98. The maximum absolute atomic E-state index is 12.7. The highest BCUT2D eigenvalue weighted by Crippen LogP contribution is 2.34. The van der Waals surface area contributed by atoms with Crippen LogP contribution in [0.25, 0.3) is 0 Å². The first-order valence-electron chi connectivity index (χ1n) is 9.96. The van der Waals surface area contributed by atoms with Gasteiger partial charge in [0.1, 0.15) is 13.2 Å². The second kappa shape index (κ2) is 10.0. The van der Waals surface area contributed by atoms with Gasteiger partial charge in [-0.25, -0.2) is 0 Å². The molecular formula is C23H30N2O3S. The molecule has 2 aromatic rings. The van der Waals surface area contributed by atoms with Gasteiger partial charge in [-0.2, -0.15) is 0 Å². The average molecular weight is 415 g/mol. The molecule has 1 aliphatic rings. The first-order valence-corrected chi connectivity index (χ1v) is 11.2. The second-order valence-electron chi connectivity index (χ2n) is 7.71. The van der Waals surface area contributed by atoms with Crippen molar-refractivity contribution in [3.63, 3.8) is 0 Å². The highest BCUT2D eigenvalue weighted by Gasteiger charge is 2.22. The summed E-state index contributed by atoms with van der Waals surface area (Å²) >= 11 is 1.73. The molecule has 0 aromatic heterocycles. The topological polar surface area (TPSA) is 50.8 Å². The van der Waals surface area contributed by atoms with Crippen molar-refractivity contribution >= 4 is 17.7 Å². The molecule has 1 heterocycles. The van der Waals surface area contributed by atoms with Crippen LogP contribution in [0.5, 0.6) is 11.5 Å². The molecule has 0 bridgehead atoms. The van der Waals surface area contributed by atoms with Crippen molar-refractivity contribution in [2.45, 2.75) is 31.3 Å². The Balaban J connectivity index is 1.60. The minimum Gasteiger partial charge on any atom is -0.486 e. The van der Waals surface area contributed by atoms with Crippen molar-refractivity contribution in [3.8, 4) is 11.5 Å². The van der Waals surface area contributed by atoms with Crippen molar-refractivity contribution < 1.29 is 14.3 Å². The number of carbonyl (C=O) groups is 1. The first-order chi connectivity index (χ1) is 14.0. The zero-order chi connectivity index (χ0) is 20.8. The van der Waals surface area contributed by atoms with Gasteiger partial charge < -0.3 is 14.8 Å². The lowest BCUT2D eigenvalue weighted by Gasteiger charge is -2.26. The molecule has 5 nitrogen and oxygen atoms in total. The van der Waals surface area contributed by atoms with E-state index >= 15 is 0 Å². The number of nitrogens with one attached hydrogen (secondary N) is 1. The van der Waals surface area contributed by atoms with Crippen LogP contribution in [0.15, 0.2) is 47.4 Å². The van der Waals surface area contributed by atoms with Gasteiger partial charge in [-0.15, -0.1) is 11.8 Å². The van der Waals surface area contributed by atoms with Gasteiger partial charge in [0.2, 0.25) is 5.91 Å². The number of carbonyl (C=O) groups excluding carboxylic acids is 1. The summed E-state index contributed by atoms with van der Waals surface area (Å²) < 4.78 is 11.3. The fourth-order valence-corrected chi connectivity index (χ4v) is 3.86. The lowest BCUT2D eigenvalue weighted by atomic mass is 9.95. The Bertz CT molecular complexity index is 823. The Morgan fingerprint density at radius 3 is 2.45 bits per heavy atom. The third-order valence-electron chi connectivity index (χ3n) is 4.93. The fraction of sp³-hybridized carbons (Fsp3) is 0.435. The van der Waals surface area contributed by atoms with Gasteiger partial charge in [-0.3, -0.25) is 9.69 Å². The fourth-order valence-electron chi connectivity index (χ4n) is 3.45. The minimum atomic E-state index is -0.0763. The largest absolute Gasteiger partial charge is 0.486 e. The third kappa shape index (κ3) is 5.90. The Kier molecular flexibility index (Phi) is 7.45. The number of amides is 1. The summed E-state index contributed by atoms with van der Waals surface area (Å²) in [5, 5.41) is 3.19. The standard InChI is InChI=1S/C23H30N2O3S/c1-16(2)23(18-7-10-20-21(13-18)28-12-11-27-20)24-22(26)15-25(3)14-17-5-8-19(29-4)9-6-17/h5-10,13,16,23H,11-12,14-15H2,1-4H3,(H,24,26)/t23-/m0/s1. The summed E-state index contributed by atoms with van der Waals surface area (Å²) in [6.45, 7) is 6.43. The number of fused-ring (bicyclic) bond motifs is 1. The van der Waals surface area contributed by atoms with Gasteiger partial charge in [-0.05, 0) is 54.6 Å². The van der Waals surface area contributed by atoms with Crippen molar-refractivity contribution in [1.82, 2.24) is 10.2 Å². The molecule has 0 radical (unpaired) electrons. The molecule has 0 aliphatic carbocycles. The molecular weight excluding hydrogens is 384 g/mol. The first kappa shape index (κ1) is 21.5. The van der Waals surface area contributed by atoms with E-state index in [2.05, 4.69) is 49.7 Å². The number of likely N-dealkylation sites (N-methyl/N-ethyl adjacent to an activating group) is 1. The molecule has 1 N–H and O–H groups in total. The SMILES string of the molecule is CSc1ccc(CN(C)CC(=O)N[C@H](c2ccc3c(c2)OCCO3)C(C)C)cc1. The van der Waals surface area contributed by atoms with E-state index in [1.165, 1.54) is 10.5 Å². The van der Waals surface area contributed by atoms with Gasteiger partial charge in [0.05, 0.1) is 12.6 Å². The lowest BCUT2D eigenvalue weighted by molar-refractivity contribution is -0.123. The van der Waals surface area contributed by atoms with E-state index < -0.39 is 0 Å². The summed E-state index contributed by atoms with van der Waals surface area (Å²) in [4.78, 5) is 16.0. The van der Waals surface area contributed by atoms with Crippen LogP contribution < -0.4 is 14.8 Å². The van der Waals surface area contributed by atoms with Crippen molar-refractivity contribution in [1.29, 1.82) is 0 Å². The smallest absolute Gasteiger partial charge is 0.234 e. The summed E-state index contributed by atoms with van der Waals surface area (Å²) in [5.74, 6) is 1.79. The second-order valence-corrected chi connectivity index (χ2v) is 8.59. The summed E-state index contributed by atoms with van der Waals surface area (Å²) in [6.07, 6.45) is 2.07. The van der Waals surface area contributed by atoms with Crippen LogP contribution >= 0.6 is 11.8 Å². The molecule has 0 fully saturated rings. The van der Waals surface area contributed by atoms with Gasteiger partial charge in [0.15, 0.2) is 11.5 Å². The third-order valence-corrected chi connectivity index (χ3v) is 5.68. The van der Waals surface area contributed by atoms with Crippen LogP contribution in [0.4, 0.5) is 0 Å². The molecule has 0 unspecified atom stereocenters. The van der Waals surface area contributed by atoms with Crippen LogP contribution in [-0.4, -0.2) is 43.9 Å². The Morgan fingerprint density at radius 2 is 1.79 bits per heavy atom. The van der Waals surface area contributed by atoms with E-state index in [1.807, 2.05) is 30.1 Å². The van der Waals surface area contributed by atoms with E-state index in [1.54, 1.807) is 11.8 Å². The summed E-state index contributed by atoms with van der Waals surface area (Å²) in [6, 6.07) is 14.3. The molecule has 156 valence electrons.